The molecular formula is C38H46O6S2. The summed E-state index contributed by atoms with van der Waals surface area (Å²) in [6, 6.07) is 25.7. The summed E-state index contributed by atoms with van der Waals surface area (Å²) in [5.74, 6) is 6.62. The lowest BCUT2D eigenvalue weighted by atomic mass is 10.1. The van der Waals surface area contributed by atoms with Crippen molar-refractivity contribution in [2.45, 2.75) is 26.7 Å². The molecule has 2 heterocycles. The summed E-state index contributed by atoms with van der Waals surface area (Å²) in [5.41, 5.74) is 4.42. The zero-order valence-corrected chi connectivity index (χ0v) is 28.7. The molecule has 0 bridgehead atoms. The fourth-order valence-corrected chi connectivity index (χ4v) is 6.42. The number of benzene rings is 2. The summed E-state index contributed by atoms with van der Waals surface area (Å²) in [7, 11) is 0. The molecule has 8 heteroatoms. The van der Waals surface area contributed by atoms with Gasteiger partial charge in [-0.2, -0.15) is 0 Å². The first-order chi connectivity index (χ1) is 22.7. The summed E-state index contributed by atoms with van der Waals surface area (Å²) in [5, 5.41) is 0. The Morgan fingerprint density at radius 3 is 1.13 bits per heavy atom. The molecule has 0 spiro atoms. The molecule has 4 aromatic rings. The fraction of sp³-hybridized carbons (Fsp3) is 0.421. The Balaban J connectivity index is 1.16. The molecule has 0 amide bonds. The Labute approximate surface area is 282 Å². The van der Waals surface area contributed by atoms with Crippen molar-refractivity contribution in [3.63, 3.8) is 0 Å². The average Bonchev–Trinajstić information content (AvgIpc) is 3.77. The number of ether oxygens (including phenoxy) is 6. The van der Waals surface area contributed by atoms with Crippen molar-refractivity contribution in [3.05, 3.63) is 93.7 Å². The van der Waals surface area contributed by atoms with Crippen molar-refractivity contribution in [1.29, 1.82) is 0 Å². The van der Waals surface area contributed by atoms with Gasteiger partial charge in [-0.25, -0.2) is 0 Å². The van der Waals surface area contributed by atoms with E-state index in [4.69, 9.17) is 28.4 Å². The van der Waals surface area contributed by atoms with Crippen molar-refractivity contribution in [2.24, 2.45) is 0 Å². The Morgan fingerprint density at radius 1 is 0.413 bits per heavy atom. The molecule has 4 rings (SSSR count). The van der Waals surface area contributed by atoms with Gasteiger partial charge in [0.15, 0.2) is 0 Å². The van der Waals surface area contributed by atoms with Crippen LogP contribution in [0.4, 0.5) is 0 Å². The van der Waals surface area contributed by atoms with Gasteiger partial charge in [0.1, 0.15) is 0 Å². The summed E-state index contributed by atoms with van der Waals surface area (Å²) in [6.45, 7) is 11.7. The van der Waals surface area contributed by atoms with Crippen molar-refractivity contribution < 1.29 is 28.4 Å². The highest BCUT2D eigenvalue weighted by Gasteiger charge is 2.05. The van der Waals surface area contributed by atoms with Gasteiger partial charge < -0.3 is 28.4 Å². The zero-order valence-electron chi connectivity index (χ0n) is 27.1. The Hall–Kier alpha value is -2.84. The van der Waals surface area contributed by atoms with E-state index in [9.17, 15) is 0 Å². The quantitative estimate of drug-likeness (QED) is 0.0634. The maximum absolute atomic E-state index is 5.72. The molecule has 0 saturated carbocycles. The molecule has 0 aliphatic heterocycles. The molecule has 46 heavy (non-hydrogen) atoms. The van der Waals surface area contributed by atoms with Crippen molar-refractivity contribution in [1.82, 2.24) is 0 Å². The molecule has 2 aromatic carbocycles. The number of thiophene rings is 2. The highest BCUT2D eigenvalue weighted by atomic mass is 32.1. The van der Waals surface area contributed by atoms with Gasteiger partial charge in [0.25, 0.3) is 0 Å². The maximum atomic E-state index is 5.72. The van der Waals surface area contributed by atoms with Crippen LogP contribution >= 0.6 is 22.7 Å². The normalized spacial score (nSPS) is 11.1. The number of hydrogen-bond acceptors (Lipinski definition) is 8. The molecule has 0 fully saturated rings. The molecule has 0 aliphatic carbocycles. The predicted octanol–water partition coefficient (Wildman–Crippen LogP) is 7.77. The Morgan fingerprint density at radius 2 is 0.761 bits per heavy atom. The summed E-state index contributed by atoms with van der Waals surface area (Å²) in [4.78, 5) is 5.15. The zero-order chi connectivity index (χ0) is 32.1. The molecule has 0 atom stereocenters. The van der Waals surface area contributed by atoms with Crippen LogP contribution < -0.4 is 0 Å². The van der Waals surface area contributed by atoms with E-state index in [1.54, 1.807) is 0 Å². The van der Waals surface area contributed by atoms with E-state index >= 15 is 0 Å². The standard InChI is InChI=1S/C38H46O6S2/c1-3-39-23-25-43-29-27-41-21-19-35-15-17-37(45-35)33-11-7-31(8-12-33)5-6-32-9-13-34(14-10-32)38-18-16-36(46-38)20-22-42-28-30-44-26-24-40-4-2/h7-18H,3-4,19-30H2,1-2H3. The second kappa shape index (κ2) is 21.9. The largest absolute Gasteiger partial charge is 0.379 e. The average molecular weight is 663 g/mol. The minimum atomic E-state index is 0.601. The van der Waals surface area contributed by atoms with Crippen LogP contribution in [-0.2, 0) is 41.3 Å². The number of rotatable bonds is 22. The molecule has 0 N–H and O–H groups in total. The van der Waals surface area contributed by atoms with Gasteiger partial charge in [0.05, 0.1) is 66.1 Å². The van der Waals surface area contributed by atoms with E-state index in [0.717, 1.165) is 37.2 Å². The third-order valence-electron chi connectivity index (χ3n) is 6.90. The van der Waals surface area contributed by atoms with Crippen LogP contribution in [-0.4, -0.2) is 79.3 Å². The van der Waals surface area contributed by atoms with Crippen LogP contribution in [0, 0.1) is 11.8 Å². The Bertz CT molecular complexity index is 1320. The first-order valence-electron chi connectivity index (χ1n) is 16.1. The molecule has 0 aliphatic rings. The maximum Gasteiger partial charge on any atom is 0.0701 e. The van der Waals surface area contributed by atoms with Gasteiger partial charge in [0, 0.05) is 56.7 Å². The molecular weight excluding hydrogens is 617 g/mol. The fourth-order valence-electron chi connectivity index (χ4n) is 4.43. The highest BCUT2D eigenvalue weighted by molar-refractivity contribution is 7.15. The highest BCUT2D eigenvalue weighted by Crippen LogP contribution is 2.30. The van der Waals surface area contributed by atoms with Gasteiger partial charge in [-0.3, -0.25) is 0 Å². The van der Waals surface area contributed by atoms with Gasteiger partial charge in [0.2, 0.25) is 0 Å². The third-order valence-corrected chi connectivity index (χ3v) is 9.28. The van der Waals surface area contributed by atoms with Gasteiger partial charge in [-0.1, -0.05) is 36.1 Å². The Kier molecular flexibility index (Phi) is 17.1. The first kappa shape index (κ1) is 36.0. The van der Waals surface area contributed by atoms with Crippen molar-refractivity contribution >= 4 is 22.7 Å². The minimum Gasteiger partial charge on any atom is -0.379 e. The van der Waals surface area contributed by atoms with E-state index in [2.05, 4.69) is 84.6 Å². The topological polar surface area (TPSA) is 55.4 Å². The van der Waals surface area contributed by atoms with E-state index < -0.39 is 0 Å². The first-order valence-corrected chi connectivity index (χ1v) is 17.7. The summed E-state index contributed by atoms with van der Waals surface area (Å²) >= 11 is 3.62. The van der Waals surface area contributed by atoms with E-state index in [0.29, 0.717) is 66.1 Å². The van der Waals surface area contributed by atoms with Crippen LogP contribution in [0.3, 0.4) is 0 Å². The second-order valence-corrected chi connectivity index (χ2v) is 12.6. The predicted molar refractivity (Wildman–Crippen MR) is 189 cm³/mol. The molecule has 0 unspecified atom stereocenters. The van der Waals surface area contributed by atoms with Crippen molar-refractivity contribution in [2.75, 3.05) is 79.3 Å². The molecule has 6 nitrogen and oxygen atoms in total. The molecule has 246 valence electrons. The van der Waals surface area contributed by atoms with Crippen LogP contribution in [0.15, 0.2) is 72.8 Å². The monoisotopic (exact) mass is 662 g/mol. The molecule has 2 aromatic heterocycles. The van der Waals surface area contributed by atoms with E-state index in [1.165, 1.54) is 30.6 Å². The lowest BCUT2D eigenvalue weighted by Crippen LogP contribution is -2.10. The summed E-state index contributed by atoms with van der Waals surface area (Å²) < 4.78 is 32.9. The van der Waals surface area contributed by atoms with Crippen molar-refractivity contribution in [3.8, 4) is 32.7 Å². The van der Waals surface area contributed by atoms with Gasteiger partial charge in [-0.15, -0.1) is 22.7 Å². The van der Waals surface area contributed by atoms with E-state index in [1.807, 2.05) is 36.5 Å². The van der Waals surface area contributed by atoms with Crippen LogP contribution in [0.25, 0.3) is 20.9 Å². The van der Waals surface area contributed by atoms with Gasteiger partial charge in [-0.05, 0) is 73.5 Å². The number of hydrogen-bond donors (Lipinski definition) is 0. The third kappa shape index (κ3) is 13.5. The summed E-state index contributed by atoms with van der Waals surface area (Å²) in [6.07, 6.45) is 1.81. The molecule has 0 radical (unpaired) electrons. The lowest BCUT2D eigenvalue weighted by Gasteiger charge is -2.05. The van der Waals surface area contributed by atoms with Crippen LogP contribution in [0.5, 0.6) is 0 Å². The van der Waals surface area contributed by atoms with Crippen LogP contribution in [0.1, 0.15) is 34.7 Å². The smallest absolute Gasteiger partial charge is 0.0701 e. The van der Waals surface area contributed by atoms with Gasteiger partial charge >= 0.3 is 0 Å². The minimum absolute atomic E-state index is 0.601. The lowest BCUT2D eigenvalue weighted by molar-refractivity contribution is 0.0176. The van der Waals surface area contributed by atoms with Crippen LogP contribution in [0.2, 0.25) is 0 Å². The van der Waals surface area contributed by atoms with E-state index in [-0.39, 0.29) is 0 Å². The second-order valence-electron chi connectivity index (χ2n) is 10.3. The molecule has 0 saturated heterocycles. The SMILES string of the molecule is CCOCCOCCOCCc1ccc(-c2ccc(C#Cc3ccc(-c4ccc(CCOCCOCCOCC)s4)cc3)cc2)s1.